The number of amides is 1. The van der Waals surface area contributed by atoms with Gasteiger partial charge in [-0.15, -0.1) is 0 Å². The van der Waals surface area contributed by atoms with E-state index in [4.69, 9.17) is 5.73 Å². The number of hydrogen-bond acceptors (Lipinski definition) is 6. The van der Waals surface area contributed by atoms with Crippen molar-refractivity contribution in [3.63, 3.8) is 0 Å². The largest absolute Gasteiger partial charge is 0.383 e. The summed E-state index contributed by atoms with van der Waals surface area (Å²) in [6, 6.07) is 9.19. The lowest BCUT2D eigenvalue weighted by Crippen LogP contribution is -2.41. The molecule has 0 atom stereocenters. The Kier molecular flexibility index (Phi) is 6.36. The molecular formula is C20H23N5O4S. The lowest BCUT2D eigenvalue weighted by Gasteiger charge is -2.23. The Bertz CT molecular complexity index is 1220. The Labute approximate surface area is 176 Å². The number of benzene rings is 1. The van der Waals surface area contributed by atoms with Crippen LogP contribution in [0.15, 0.2) is 50.1 Å². The number of aryl methyl sites for hydroxylation is 1. The summed E-state index contributed by atoms with van der Waals surface area (Å²) in [5.41, 5.74) is 6.35. The molecule has 0 aliphatic carbocycles. The Morgan fingerprint density at radius 2 is 1.87 bits per heavy atom. The minimum atomic E-state index is -0.721. The predicted octanol–water partition coefficient (Wildman–Crippen LogP) is 1.14. The van der Waals surface area contributed by atoms with Crippen molar-refractivity contribution >= 4 is 28.7 Å². The molecule has 0 fully saturated rings. The van der Waals surface area contributed by atoms with Crippen LogP contribution >= 0.6 is 11.3 Å². The van der Waals surface area contributed by atoms with E-state index < -0.39 is 11.2 Å². The molecule has 1 amide bonds. The molecule has 2 aromatic heterocycles. The van der Waals surface area contributed by atoms with Crippen LogP contribution in [0.4, 0.5) is 11.5 Å². The summed E-state index contributed by atoms with van der Waals surface area (Å²) in [6.45, 7) is 4.05. The molecule has 0 spiro atoms. The standard InChI is InChI=1S/C20H23N5O4S/c1-3-23(15(26)9-10-24-13(2)12-30-20(24)29)16-17(21)25(19(28)22-18(16)27)11-14-7-5-4-6-8-14/h4-8,12H,3,9-11,21H2,1-2H3,(H,22,27,28). The van der Waals surface area contributed by atoms with Crippen LogP contribution in [0.3, 0.4) is 0 Å². The molecule has 0 aliphatic rings. The first-order chi connectivity index (χ1) is 14.3. The van der Waals surface area contributed by atoms with Crippen LogP contribution in [0.5, 0.6) is 0 Å². The van der Waals surface area contributed by atoms with Crippen molar-refractivity contribution in [3.8, 4) is 0 Å². The molecular weight excluding hydrogens is 406 g/mol. The smallest absolute Gasteiger partial charge is 0.330 e. The van der Waals surface area contributed by atoms with Gasteiger partial charge in [0.05, 0.1) is 6.54 Å². The number of hydrogen-bond donors (Lipinski definition) is 2. The van der Waals surface area contributed by atoms with Crippen molar-refractivity contribution in [1.29, 1.82) is 0 Å². The van der Waals surface area contributed by atoms with Crippen molar-refractivity contribution in [2.45, 2.75) is 33.4 Å². The number of nitrogens with one attached hydrogen (secondary N) is 1. The van der Waals surface area contributed by atoms with E-state index in [0.717, 1.165) is 22.6 Å². The maximum Gasteiger partial charge on any atom is 0.330 e. The van der Waals surface area contributed by atoms with E-state index in [0.29, 0.717) is 0 Å². The Morgan fingerprint density at radius 3 is 2.47 bits per heavy atom. The zero-order chi connectivity index (χ0) is 21.8. The summed E-state index contributed by atoms with van der Waals surface area (Å²) in [7, 11) is 0. The quantitative estimate of drug-likeness (QED) is 0.583. The van der Waals surface area contributed by atoms with Crippen LogP contribution in [0.2, 0.25) is 0 Å². The molecule has 3 aromatic rings. The first kappa shape index (κ1) is 21.3. The van der Waals surface area contributed by atoms with E-state index in [2.05, 4.69) is 4.98 Å². The Morgan fingerprint density at radius 1 is 1.17 bits per heavy atom. The third kappa shape index (κ3) is 4.28. The first-order valence-electron chi connectivity index (χ1n) is 9.45. The van der Waals surface area contributed by atoms with Crippen LogP contribution < -0.4 is 26.8 Å². The number of thiazole rings is 1. The lowest BCUT2D eigenvalue weighted by atomic mass is 10.2. The van der Waals surface area contributed by atoms with E-state index in [1.54, 1.807) is 19.2 Å². The zero-order valence-corrected chi connectivity index (χ0v) is 17.6. The number of aromatic nitrogens is 3. The fourth-order valence-corrected chi connectivity index (χ4v) is 4.00. The molecule has 1 aromatic carbocycles. The van der Waals surface area contributed by atoms with Crippen molar-refractivity contribution < 1.29 is 4.79 Å². The monoisotopic (exact) mass is 429 g/mol. The van der Waals surface area contributed by atoms with Gasteiger partial charge in [-0.1, -0.05) is 41.7 Å². The topological polar surface area (TPSA) is 123 Å². The molecule has 2 heterocycles. The van der Waals surface area contributed by atoms with Gasteiger partial charge in [0, 0.05) is 30.6 Å². The summed E-state index contributed by atoms with van der Waals surface area (Å²) < 4.78 is 2.75. The van der Waals surface area contributed by atoms with E-state index in [9.17, 15) is 19.2 Å². The summed E-state index contributed by atoms with van der Waals surface area (Å²) in [4.78, 5) is 53.0. The molecule has 3 N–H and O–H groups in total. The number of rotatable bonds is 7. The molecule has 0 aliphatic heterocycles. The fraction of sp³-hybridized carbons (Fsp3) is 0.300. The number of carbonyl (C=O) groups excluding carboxylic acids is 1. The number of nitrogen functional groups attached to an aromatic ring is 1. The highest BCUT2D eigenvalue weighted by molar-refractivity contribution is 7.07. The van der Waals surface area contributed by atoms with Crippen LogP contribution in [-0.2, 0) is 17.9 Å². The second-order valence-corrected chi connectivity index (χ2v) is 7.57. The number of anilines is 2. The van der Waals surface area contributed by atoms with E-state index in [1.807, 2.05) is 30.3 Å². The van der Waals surface area contributed by atoms with Gasteiger partial charge in [0.25, 0.3) is 5.56 Å². The van der Waals surface area contributed by atoms with Crippen LogP contribution in [0, 0.1) is 6.92 Å². The number of H-pyrrole nitrogens is 1. The van der Waals surface area contributed by atoms with Crippen LogP contribution in [-0.4, -0.2) is 26.6 Å². The molecule has 30 heavy (non-hydrogen) atoms. The normalized spacial score (nSPS) is 10.9. The Hall–Kier alpha value is -3.40. The molecule has 0 radical (unpaired) electrons. The van der Waals surface area contributed by atoms with Crippen LogP contribution in [0.1, 0.15) is 24.6 Å². The number of nitrogens with two attached hydrogens (primary N) is 1. The summed E-state index contributed by atoms with van der Waals surface area (Å²) in [5, 5.41) is 1.73. The lowest BCUT2D eigenvalue weighted by molar-refractivity contribution is -0.118. The van der Waals surface area contributed by atoms with E-state index in [1.165, 1.54) is 14.0 Å². The van der Waals surface area contributed by atoms with Crippen molar-refractivity contribution in [2.75, 3.05) is 17.2 Å². The highest BCUT2D eigenvalue weighted by atomic mass is 32.1. The molecule has 0 bridgehead atoms. The maximum absolute atomic E-state index is 12.9. The van der Waals surface area contributed by atoms with Gasteiger partial charge in [-0.3, -0.25) is 23.9 Å². The van der Waals surface area contributed by atoms with Gasteiger partial charge in [0.2, 0.25) is 5.91 Å². The maximum atomic E-state index is 12.9. The second-order valence-electron chi connectivity index (χ2n) is 6.75. The summed E-state index contributed by atoms with van der Waals surface area (Å²) in [6.07, 6.45) is 0.0159. The third-order valence-corrected chi connectivity index (χ3v) is 5.69. The van der Waals surface area contributed by atoms with Gasteiger partial charge in [-0.2, -0.15) is 0 Å². The van der Waals surface area contributed by atoms with Crippen molar-refractivity contribution in [2.24, 2.45) is 0 Å². The van der Waals surface area contributed by atoms with E-state index in [-0.39, 0.29) is 48.3 Å². The van der Waals surface area contributed by atoms with Gasteiger partial charge in [-0.05, 0) is 19.4 Å². The predicted molar refractivity (Wildman–Crippen MR) is 117 cm³/mol. The van der Waals surface area contributed by atoms with Crippen molar-refractivity contribution in [3.05, 3.63) is 77.5 Å². The molecule has 0 unspecified atom stereocenters. The molecule has 10 heteroatoms. The molecule has 0 saturated carbocycles. The molecule has 3 rings (SSSR count). The van der Waals surface area contributed by atoms with Crippen LogP contribution in [0.25, 0.3) is 0 Å². The average Bonchev–Trinajstić information content (AvgIpc) is 3.04. The molecule has 158 valence electrons. The van der Waals surface area contributed by atoms with Gasteiger partial charge < -0.3 is 15.2 Å². The minimum absolute atomic E-state index is 0.0159. The SMILES string of the molecule is CCN(C(=O)CCn1c(C)csc1=O)c1c(N)n(Cc2ccccc2)c(=O)[nH]c1=O. The molecule has 9 nitrogen and oxygen atoms in total. The first-order valence-corrected chi connectivity index (χ1v) is 10.3. The highest BCUT2D eigenvalue weighted by Gasteiger charge is 2.23. The number of aromatic amines is 1. The summed E-state index contributed by atoms with van der Waals surface area (Å²) in [5.74, 6) is -0.441. The Balaban J connectivity index is 1.92. The zero-order valence-electron chi connectivity index (χ0n) is 16.8. The second kappa shape index (κ2) is 8.95. The van der Waals surface area contributed by atoms with Gasteiger partial charge >= 0.3 is 10.6 Å². The van der Waals surface area contributed by atoms with Gasteiger partial charge in [-0.25, -0.2) is 4.79 Å². The number of nitrogens with zero attached hydrogens (tertiary/aromatic N) is 3. The van der Waals surface area contributed by atoms with Gasteiger partial charge in [0.15, 0.2) is 5.69 Å². The summed E-state index contributed by atoms with van der Waals surface area (Å²) >= 11 is 1.07. The fourth-order valence-electron chi connectivity index (χ4n) is 3.24. The highest BCUT2D eigenvalue weighted by Crippen LogP contribution is 2.18. The van der Waals surface area contributed by atoms with Gasteiger partial charge in [0.1, 0.15) is 5.82 Å². The average molecular weight is 430 g/mol. The molecule has 0 saturated heterocycles. The minimum Gasteiger partial charge on any atom is -0.383 e. The van der Waals surface area contributed by atoms with Crippen molar-refractivity contribution in [1.82, 2.24) is 14.1 Å². The third-order valence-electron chi connectivity index (χ3n) is 4.81. The van der Waals surface area contributed by atoms with E-state index >= 15 is 0 Å². The number of carbonyl (C=O) groups is 1.